The maximum Gasteiger partial charge on any atom is 0.220 e. The molecule has 0 aliphatic carbocycles. The number of hydrogen-bond donors (Lipinski definition) is 2. The van der Waals surface area contributed by atoms with Gasteiger partial charge in [0.05, 0.1) is 6.20 Å². The van der Waals surface area contributed by atoms with E-state index in [1.165, 1.54) is 0 Å². The van der Waals surface area contributed by atoms with Crippen LogP contribution in [0.4, 0.5) is 0 Å². The summed E-state index contributed by atoms with van der Waals surface area (Å²) in [6, 6.07) is 0. The molecule has 0 fully saturated rings. The predicted molar refractivity (Wildman–Crippen MR) is 67.4 cm³/mol. The molecule has 1 rings (SSSR count). The minimum atomic E-state index is 0.0891. The molecule has 5 nitrogen and oxygen atoms in total. The molecule has 0 radical (unpaired) electrons. The van der Waals surface area contributed by atoms with E-state index < -0.39 is 0 Å². The van der Waals surface area contributed by atoms with Crippen LogP contribution in [0, 0.1) is 5.92 Å². The third-order valence-corrected chi connectivity index (χ3v) is 2.88. The normalized spacial score (nSPS) is 12.4. The highest BCUT2D eigenvalue weighted by molar-refractivity contribution is 5.76. The summed E-state index contributed by atoms with van der Waals surface area (Å²) in [6.45, 7) is 3.29. The Morgan fingerprint density at radius 2 is 2.41 bits per heavy atom. The maximum absolute atomic E-state index is 11.6. The Kier molecular flexibility index (Phi) is 5.69. The number of aromatic nitrogens is 2. The Hall–Kier alpha value is -1.36. The first-order chi connectivity index (χ1) is 8.15. The van der Waals surface area contributed by atoms with Crippen LogP contribution in [0.15, 0.2) is 12.4 Å². The SMILES string of the molecule is CCC(CN)CC(=O)NCCc1cnn(C)c1. The lowest BCUT2D eigenvalue weighted by molar-refractivity contribution is -0.121. The Morgan fingerprint density at radius 1 is 1.65 bits per heavy atom. The van der Waals surface area contributed by atoms with Crippen LogP contribution in [0.2, 0.25) is 0 Å². The third kappa shape index (κ3) is 4.99. The number of nitrogens with two attached hydrogens (primary N) is 1. The van der Waals surface area contributed by atoms with E-state index in [0.29, 0.717) is 25.4 Å². The molecule has 0 aliphatic rings. The van der Waals surface area contributed by atoms with Gasteiger partial charge < -0.3 is 11.1 Å². The van der Waals surface area contributed by atoms with Gasteiger partial charge in [0.15, 0.2) is 0 Å². The minimum Gasteiger partial charge on any atom is -0.356 e. The standard InChI is InChI=1S/C12H22N4O/c1-3-10(7-13)6-12(17)14-5-4-11-8-15-16(2)9-11/h8-10H,3-7,13H2,1-2H3,(H,14,17). The van der Waals surface area contributed by atoms with E-state index in [-0.39, 0.29) is 5.91 Å². The molecule has 1 aromatic rings. The van der Waals surface area contributed by atoms with E-state index in [0.717, 1.165) is 18.4 Å². The molecule has 1 amide bonds. The van der Waals surface area contributed by atoms with E-state index in [1.54, 1.807) is 4.68 Å². The summed E-state index contributed by atoms with van der Waals surface area (Å²) in [5, 5.41) is 6.98. The van der Waals surface area contributed by atoms with Gasteiger partial charge in [-0.2, -0.15) is 5.10 Å². The average Bonchev–Trinajstić information content (AvgIpc) is 2.72. The van der Waals surface area contributed by atoms with Gasteiger partial charge in [0.2, 0.25) is 5.91 Å². The molecule has 0 saturated heterocycles. The van der Waals surface area contributed by atoms with Gasteiger partial charge in [-0.25, -0.2) is 0 Å². The fourth-order valence-corrected chi connectivity index (χ4v) is 1.68. The van der Waals surface area contributed by atoms with Crippen LogP contribution < -0.4 is 11.1 Å². The molecular formula is C12H22N4O. The second-order valence-electron chi connectivity index (χ2n) is 4.34. The van der Waals surface area contributed by atoms with Crippen molar-refractivity contribution in [1.82, 2.24) is 15.1 Å². The highest BCUT2D eigenvalue weighted by Crippen LogP contribution is 2.05. The molecule has 0 bridgehead atoms. The summed E-state index contributed by atoms with van der Waals surface area (Å²) < 4.78 is 1.76. The Labute approximate surface area is 102 Å². The van der Waals surface area contributed by atoms with Crippen LogP contribution in [0.1, 0.15) is 25.3 Å². The Morgan fingerprint density at radius 3 is 2.94 bits per heavy atom. The quantitative estimate of drug-likeness (QED) is 0.724. The fraction of sp³-hybridized carbons (Fsp3) is 0.667. The summed E-state index contributed by atoms with van der Waals surface area (Å²) in [7, 11) is 1.88. The second kappa shape index (κ2) is 7.06. The van der Waals surface area contributed by atoms with Gasteiger partial charge in [-0.3, -0.25) is 9.48 Å². The van der Waals surface area contributed by atoms with E-state index in [9.17, 15) is 4.79 Å². The maximum atomic E-state index is 11.6. The molecule has 0 aromatic carbocycles. The number of nitrogens with one attached hydrogen (secondary N) is 1. The third-order valence-electron chi connectivity index (χ3n) is 2.88. The zero-order valence-corrected chi connectivity index (χ0v) is 10.6. The summed E-state index contributed by atoms with van der Waals surface area (Å²) >= 11 is 0. The molecule has 0 spiro atoms. The van der Waals surface area contributed by atoms with Crippen LogP contribution in [-0.4, -0.2) is 28.8 Å². The molecule has 0 aliphatic heterocycles. The van der Waals surface area contributed by atoms with E-state index in [1.807, 2.05) is 19.4 Å². The van der Waals surface area contributed by atoms with Crippen molar-refractivity contribution in [1.29, 1.82) is 0 Å². The van der Waals surface area contributed by atoms with Gasteiger partial charge in [0, 0.05) is 26.2 Å². The lowest BCUT2D eigenvalue weighted by Crippen LogP contribution is -2.29. The highest BCUT2D eigenvalue weighted by Gasteiger charge is 2.09. The molecule has 5 heteroatoms. The summed E-state index contributed by atoms with van der Waals surface area (Å²) in [5.74, 6) is 0.389. The van der Waals surface area contributed by atoms with Crippen LogP contribution in [-0.2, 0) is 18.3 Å². The van der Waals surface area contributed by atoms with Crippen molar-refractivity contribution in [2.24, 2.45) is 18.7 Å². The second-order valence-corrected chi connectivity index (χ2v) is 4.34. The summed E-state index contributed by atoms with van der Waals surface area (Å²) in [6.07, 6.45) is 6.08. The molecule has 1 aromatic heterocycles. The first-order valence-corrected chi connectivity index (χ1v) is 6.10. The lowest BCUT2D eigenvalue weighted by atomic mass is 10.0. The molecule has 1 unspecified atom stereocenters. The molecule has 1 atom stereocenters. The van der Waals surface area contributed by atoms with Crippen molar-refractivity contribution in [3.63, 3.8) is 0 Å². The number of amides is 1. The Balaban J connectivity index is 2.20. The zero-order chi connectivity index (χ0) is 12.7. The van der Waals surface area contributed by atoms with Crippen LogP contribution in [0.25, 0.3) is 0 Å². The van der Waals surface area contributed by atoms with Crippen molar-refractivity contribution in [2.75, 3.05) is 13.1 Å². The van der Waals surface area contributed by atoms with E-state index in [2.05, 4.69) is 17.3 Å². The van der Waals surface area contributed by atoms with Gasteiger partial charge in [0.1, 0.15) is 0 Å². The van der Waals surface area contributed by atoms with E-state index in [4.69, 9.17) is 5.73 Å². The number of carbonyl (C=O) groups is 1. The van der Waals surface area contributed by atoms with Crippen LogP contribution in [0.5, 0.6) is 0 Å². The molecule has 96 valence electrons. The number of aryl methyl sites for hydroxylation is 1. The summed E-state index contributed by atoms with van der Waals surface area (Å²) in [5.41, 5.74) is 6.70. The highest BCUT2D eigenvalue weighted by atomic mass is 16.1. The first-order valence-electron chi connectivity index (χ1n) is 6.10. The summed E-state index contributed by atoms with van der Waals surface area (Å²) in [4.78, 5) is 11.6. The monoisotopic (exact) mass is 238 g/mol. The molecule has 1 heterocycles. The number of hydrogen-bond acceptors (Lipinski definition) is 3. The molecular weight excluding hydrogens is 216 g/mol. The molecule has 3 N–H and O–H groups in total. The van der Waals surface area contributed by atoms with Crippen molar-refractivity contribution in [2.45, 2.75) is 26.2 Å². The van der Waals surface area contributed by atoms with Crippen molar-refractivity contribution in [3.8, 4) is 0 Å². The van der Waals surface area contributed by atoms with Gasteiger partial charge >= 0.3 is 0 Å². The predicted octanol–water partition coefficient (Wildman–Crippen LogP) is 0.454. The van der Waals surface area contributed by atoms with Crippen LogP contribution >= 0.6 is 0 Å². The van der Waals surface area contributed by atoms with Gasteiger partial charge in [-0.05, 0) is 24.4 Å². The van der Waals surface area contributed by atoms with E-state index >= 15 is 0 Å². The first kappa shape index (κ1) is 13.7. The van der Waals surface area contributed by atoms with Gasteiger partial charge in [-0.15, -0.1) is 0 Å². The topological polar surface area (TPSA) is 72.9 Å². The minimum absolute atomic E-state index is 0.0891. The Bertz CT molecular complexity index is 344. The van der Waals surface area contributed by atoms with Crippen LogP contribution in [0.3, 0.4) is 0 Å². The molecule has 0 saturated carbocycles. The lowest BCUT2D eigenvalue weighted by Gasteiger charge is -2.11. The fourth-order valence-electron chi connectivity index (χ4n) is 1.68. The average molecular weight is 238 g/mol. The molecule has 17 heavy (non-hydrogen) atoms. The number of nitrogens with zero attached hydrogens (tertiary/aromatic N) is 2. The number of rotatable bonds is 7. The van der Waals surface area contributed by atoms with Crippen molar-refractivity contribution < 1.29 is 4.79 Å². The van der Waals surface area contributed by atoms with Gasteiger partial charge in [0.25, 0.3) is 0 Å². The van der Waals surface area contributed by atoms with Crippen molar-refractivity contribution in [3.05, 3.63) is 18.0 Å². The number of carbonyl (C=O) groups excluding carboxylic acids is 1. The van der Waals surface area contributed by atoms with Crippen molar-refractivity contribution >= 4 is 5.91 Å². The largest absolute Gasteiger partial charge is 0.356 e. The zero-order valence-electron chi connectivity index (χ0n) is 10.6. The van der Waals surface area contributed by atoms with Gasteiger partial charge in [-0.1, -0.05) is 13.3 Å². The smallest absolute Gasteiger partial charge is 0.220 e.